The molecule has 1 aromatic heterocycles. The summed E-state index contributed by atoms with van der Waals surface area (Å²) in [6.07, 6.45) is 1.73. The Labute approximate surface area is 202 Å². The van der Waals surface area contributed by atoms with Crippen molar-refractivity contribution in [2.75, 3.05) is 6.61 Å². The first-order valence-electron chi connectivity index (χ1n) is 10.9. The zero-order chi connectivity index (χ0) is 23.8. The quantitative estimate of drug-likeness (QED) is 0.523. The normalized spacial score (nSPS) is 16.6. The van der Waals surface area contributed by atoms with Crippen molar-refractivity contribution in [3.8, 4) is 11.4 Å². The number of benzene rings is 2. The summed E-state index contributed by atoms with van der Waals surface area (Å²) in [4.78, 5) is 17.1. The maximum atomic E-state index is 12.9. The summed E-state index contributed by atoms with van der Waals surface area (Å²) in [6.45, 7) is 6.53. The van der Waals surface area contributed by atoms with Crippen LogP contribution in [-0.4, -0.2) is 38.1 Å². The largest absolute Gasteiger partial charge is 0.492 e. The van der Waals surface area contributed by atoms with Gasteiger partial charge in [0.1, 0.15) is 10.8 Å². The number of para-hydroxylation sites is 2. The number of aliphatic imine (C=N–C) groups is 1. The minimum absolute atomic E-state index is 0.0213. The zero-order valence-corrected chi connectivity index (χ0v) is 19.9. The van der Waals surface area contributed by atoms with Crippen LogP contribution in [0.25, 0.3) is 11.8 Å². The number of hydrogen-bond acceptors (Lipinski definition) is 5. The molecule has 0 saturated heterocycles. The number of hydrazone groups is 1. The fraction of sp³-hybridized carbons (Fsp3) is 0.154. The van der Waals surface area contributed by atoms with Crippen molar-refractivity contribution in [3.05, 3.63) is 88.8 Å². The SMILES string of the molecule is CCOc1ccccc1-n1c(C)cc(C=C2C(=N)N3N=C(c4ccccc4)SC3=NC2=O)c1C. The van der Waals surface area contributed by atoms with Crippen LogP contribution < -0.4 is 4.74 Å². The molecule has 170 valence electrons. The molecular formula is C26H23N5O2S. The summed E-state index contributed by atoms with van der Waals surface area (Å²) >= 11 is 1.30. The summed E-state index contributed by atoms with van der Waals surface area (Å²) < 4.78 is 7.92. The molecule has 2 aromatic carbocycles. The van der Waals surface area contributed by atoms with Crippen molar-refractivity contribution in [2.45, 2.75) is 20.8 Å². The number of hydrogen-bond donors (Lipinski definition) is 1. The van der Waals surface area contributed by atoms with Crippen molar-refractivity contribution in [2.24, 2.45) is 10.1 Å². The summed E-state index contributed by atoms with van der Waals surface area (Å²) in [7, 11) is 0. The lowest BCUT2D eigenvalue weighted by Crippen LogP contribution is -2.35. The number of thioether (sulfide) groups is 1. The molecule has 1 amide bonds. The molecule has 1 N–H and O–H groups in total. The Kier molecular flexibility index (Phi) is 5.67. The predicted octanol–water partition coefficient (Wildman–Crippen LogP) is 5.16. The topological polar surface area (TPSA) is 83.0 Å². The smallest absolute Gasteiger partial charge is 0.283 e. The Bertz CT molecular complexity index is 1400. The Balaban J connectivity index is 1.52. The molecular weight excluding hydrogens is 446 g/mol. The molecule has 0 aliphatic carbocycles. The molecule has 34 heavy (non-hydrogen) atoms. The van der Waals surface area contributed by atoms with Gasteiger partial charge in [0.05, 0.1) is 17.9 Å². The third-order valence-electron chi connectivity index (χ3n) is 5.65. The molecule has 0 unspecified atom stereocenters. The van der Waals surface area contributed by atoms with Crippen LogP contribution in [0.1, 0.15) is 29.4 Å². The lowest BCUT2D eigenvalue weighted by atomic mass is 10.1. The maximum absolute atomic E-state index is 12.9. The number of ether oxygens (including phenoxy) is 1. The molecule has 2 aliphatic rings. The van der Waals surface area contributed by atoms with Crippen LogP contribution >= 0.6 is 11.8 Å². The fourth-order valence-corrected chi connectivity index (χ4v) is 4.97. The van der Waals surface area contributed by atoms with E-state index in [1.807, 2.05) is 81.4 Å². The second-order valence-corrected chi connectivity index (χ2v) is 8.81. The highest BCUT2D eigenvalue weighted by atomic mass is 32.2. The van der Waals surface area contributed by atoms with Gasteiger partial charge in [0.25, 0.3) is 5.91 Å². The van der Waals surface area contributed by atoms with E-state index in [1.54, 1.807) is 6.08 Å². The van der Waals surface area contributed by atoms with Crippen molar-refractivity contribution >= 4 is 39.8 Å². The number of nitrogens with zero attached hydrogens (tertiary/aromatic N) is 4. The van der Waals surface area contributed by atoms with Gasteiger partial charge < -0.3 is 9.30 Å². The van der Waals surface area contributed by atoms with Crippen molar-refractivity contribution in [1.29, 1.82) is 5.41 Å². The van der Waals surface area contributed by atoms with E-state index in [9.17, 15) is 4.79 Å². The first-order valence-corrected chi connectivity index (χ1v) is 11.8. The molecule has 3 aromatic rings. The van der Waals surface area contributed by atoms with E-state index in [1.165, 1.54) is 16.8 Å². The van der Waals surface area contributed by atoms with Crippen LogP contribution in [0, 0.1) is 19.3 Å². The van der Waals surface area contributed by atoms with E-state index in [0.29, 0.717) is 16.8 Å². The predicted molar refractivity (Wildman–Crippen MR) is 137 cm³/mol. The average Bonchev–Trinajstić information content (AvgIpc) is 3.38. The number of carbonyl (C=O) groups excluding carboxylic acids is 1. The Morgan fingerprint density at radius 1 is 1.09 bits per heavy atom. The van der Waals surface area contributed by atoms with E-state index in [2.05, 4.69) is 14.7 Å². The van der Waals surface area contributed by atoms with Gasteiger partial charge in [-0.2, -0.15) is 15.1 Å². The van der Waals surface area contributed by atoms with E-state index < -0.39 is 5.91 Å². The number of aryl methyl sites for hydroxylation is 1. The third kappa shape index (κ3) is 3.76. The van der Waals surface area contributed by atoms with Crippen LogP contribution in [0.15, 0.2) is 76.3 Å². The van der Waals surface area contributed by atoms with Gasteiger partial charge in [0, 0.05) is 17.0 Å². The van der Waals surface area contributed by atoms with Gasteiger partial charge in [0.15, 0.2) is 5.84 Å². The standard InChI is InChI=1S/C26H23N5O2S/c1-4-33-22-13-9-8-12-21(22)30-16(2)14-19(17(30)3)15-20-23(27)31-26(28-24(20)32)34-25(29-31)18-10-6-5-7-11-18/h5-15,27H,4H2,1-3H3. The van der Waals surface area contributed by atoms with Gasteiger partial charge in [-0.1, -0.05) is 42.5 Å². The molecule has 7 nitrogen and oxygen atoms in total. The molecule has 3 heterocycles. The Hall–Kier alpha value is -3.91. The van der Waals surface area contributed by atoms with Crippen LogP contribution in [0.3, 0.4) is 0 Å². The van der Waals surface area contributed by atoms with Gasteiger partial charge in [-0.3, -0.25) is 10.2 Å². The monoisotopic (exact) mass is 469 g/mol. The molecule has 5 rings (SSSR count). The first-order chi connectivity index (χ1) is 16.5. The lowest BCUT2D eigenvalue weighted by Gasteiger charge is -2.20. The van der Waals surface area contributed by atoms with Gasteiger partial charge in [-0.15, -0.1) is 0 Å². The van der Waals surface area contributed by atoms with Crippen LogP contribution in [-0.2, 0) is 4.79 Å². The van der Waals surface area contributed by atoms with Crippen LogP contribution in [0.5, 0.6) is 5.75 Å². The van der Waals surface area contributed by atoms with Gasteiger partial charge in [0.2, 0.25) is 5.17 Å². The van der Waals surface area contributed by atoms with Gasteiger partial charge in [-0.25, -0.2) is 0 Å². The molecule has 0 fully saturated rings. The Morgan fingerprint density at radius 3 is 2.59 bits per heavy atom. The molecule has 0 saturated carbocycles. The molecule has 0 bridgehead atoms. The maximum Gasteiger partial charge on any atom is 0.283 e. The number of amides is 1. The zero-order valence-electron chi connectivity index (χ0n) is 19.1. The van der Waals surface area contributed by atoms with E-state index in [4.69, 9.17) is 10.1 Å². The highest BCUT2D eigenvalue weighted by Crippen LogP contribution is 2.33. The summed E-state index contributed by atoms with van der Waals surface area (Å²) in [5, 5.41) is 15.8. The first kappa shape index (κ1) is 21.9. The average molecular weight is 470 g/mol. The van der Waals surface area contributed by atoms with Crippen molar-refractivity contribution in [3.63, 3.8) is 0 Å². The summed E-state index contributed by atoms with van der Waals surface area (Å²) in [5.74, 6) is 0.374. The van der Waals surface area contributed by atoms with Gasteiger partial charge in [-0.05, 0) is 62.4 Å². The number of rotatable bonds is 5. The van der Waals surface area contributed by atoms with Crippen molar-refractivity contribution in [1.82, 2.24) is 9.58 Å². The lowest BCUT2D eigenvalue weighted by molar-refractivity contribution is -0.114. The third-order valence-corrected chi connectivity index (χ3v) is 6.61. The molecule has 0 atom stereocenters. The molecule has 0 spiro atoms. The van der Waals surface area contributed by atoms with Gasteiger partial charge >= 0.3 is 0 Å². The number of amidine groups is 2. The number of aromatic nitrogens is 1. The minimum atomic E-state index is -0.437. The van der Waals surface area contributed by atoms with Crippen LogP contribution in [0.2, 0.25) is 0 Å². The highest BCUT2D eigenvalue weighted by molar-refractivity contribution is 8.27. The number of carbonyl (C=O) groups is 1. The van der Waals surface area contributed by atoms with Crippen LogP contribution in [0.4, 0.5) is 0 Å². The fourth-order valence-electron chi connectivity index (χ4n) is 4.07. The molecule has 0 radical (unpaired) electrons. The number of nitrogens with one attached hydrogen (secondary N) is 1. The second-order valence-electron chi connectivity index (χ2n) is 7.85. The van der Waals surface area contributed by atoms with E-state index in [-0.39, 0.29) is 11.4 Å². The Morgan fingerprint density at radius 2 is 1.82 bits per heavy atom. The summed E-state index contributed by atoms with van der Waals surface area (Å²) in [5.41, 5.74) is 4.85. The molecule has 8 heteroatoms. The minimum Gasteiger partial charge on any atom is -0.492 e. The highest BCUT2D eigenvalue weighted by Gasteiger charge is 2.36. The number of fused-ring (bicyclic) bond motifs is 1. The summed E-state index contributed by atoms with van der Waals surface area (Å²) in [6, 6.07) is 19.6. The molecule has 2 aliphatic heterocycles. The second kappa shape index (κ2) is 8.79. The van der Waals surface area contributed by atoms with E-state index >= 15 is 0 Å². The van der Waals surface area contributed by atoms with E-state index in [0.717, 1.165) is 34.0 Å². The van der Waals surface area contributed by atoms with Crippen molar-refractivity contribution < 1.29 is 9.53 Å².